The van der Waals surface area contributed by atoms with E-state index in [2.05, 4.69) is 9.84 Å². The van der Waals surface area contributed by atoms with Gasteiger partial charge in [-0.25, -0.2) is 4.68 Å². The molecule has 2 aromatic rings. The first-order chi connectivity index (χ1) is 11.4. The summed E-state index contributed by atoms with van der Waals surface area (Å²) >= 11 is 0. The lowest BCUT2D eigenvalue weighted by Gasteiger charge is -2.09. The molecule has 0 spiro atoms. The number of benzene rings is 1. The number of ketones is 1. The SMILES string of the molecule is CN(C)/C=C/C(=O)c1nn(-c2cccc(OC(F)F)c2)ccc1=O. The number of ether oxygens (including phenoxy) is 1. The average molecular weight is 335 g/mol. The first-order valence-corrected chi connectivity index (χ1v) is 6.91. The number of nitrogens with zero attached hydrogens (tertiary/aromatic N) is 3. The Morgan fingerprint density at radius 2 is 2.08 bits per heavy atom. The van der Waals surface area contributed by atoms with Crippen molar-refractivity contribution in [3.8, 4) is 11.4 Å². The van der Waals surface area contributed by atoms with Crippen LogP contribution in [0.3, 0.4) is 0 Å². The van der Waals surface area contributed by atoms with E-state index < -0.39 is 17.8 Å². The van der Waals surface area contributed by atoms with Crippen LogP contribution in [-0.4, -0.2) is 41.2 Å². The van der Waals surface area contributed by atoms with Gasteiger partial charge in [-0.05, 0) is 12.1 Å². The quantitative estimate of drug-likeness (QED) is 0.597. The molecule has 0 fully saturated rings. The Kier molecular flexibility index (Phi) is 5.41. The summed E-state index contributed by atoms with van der Waals surface area (Å²) in [5, 5.41) is 3.98. The zero-order chi connectivity index (χ0) is 17.7. The van der Waals surface area contributed by atoms with E-state index in [1.807, 2.05) is 0 Å². The van der Waals surface area contributed by atoms with Gasteiger partial charge in [0.25, 0.3) is 0 Å². The summed E-state index contributed by atoms with van der Waals surface area (Å²) in [7, 11) is 3.46. The summed E-state index contributed by atoms with van der Waals surface area (Å²) in [6.45, 7) is -2.95. The fourth-order valence-electron chi connectivity index (χ4n) is 1.82. The van der Waals surface area contributed by atoms with Crippen LogP contribution in [-0.2, 0) is 0 Å². The van der Waals surface area contributed by atoms with Gasteiger partial charge in [0.05, 0.1) is 5.69 Å². The molecule has 2 rings (SSSR count). The van der Waals surface area contributed by atoms with Crippen molar-refractivity contribution in [2.24, 2.45) is 0 Å². The van der Waals surface area contributed by atoms with Crippen LogP contribution in [0.15, 0.2) is 53.6 Å². The van der Waals surface area contributed by atoms with Crippen LogP contribution in [0.1, 0.15) is 10.5 Å². The van der Waals surface area contributed by atoms with E-state index in [1.54, 1.807) is 25.1 Å². The number of aromatic nitrogens is 2. The van der Waals surface area contributed by atoms with E-state index in [4.69, 9.17) is 0 Å². The van der Waals surface area contributed by atoms with E-state index in [1.165, 1.54) is 47.4 Å². The zero-order valence-corrected chi connectivity index (χ0v) is 13.0. The van der Waals surface area contributed by atoms with E-state index in [9.17, 15) is 18.4 Å². The summed E-state index contributed by atoms with van der Waals surface area (Å²) in [6.07, 6.45) is 4.07. The van der Waals surface area contributed by atoms with Crippen molar-refractivity contribution in [2.45, 2.75) is 6.61 Å². The fraction of sp³-hybridized carbons (Fsp3) is 0.188. The number of alkyl halides is 2. The van der Waals surface area contributed by atoms with Gasteiger partial charge < -0.3 is 9.64 Å². The number of rotatable bonds is 6. The Bertz CT molecular complexity index is 816. The smallest absolute Gasteiger partial charge is 0.387 e. The molecule has 1 aromatic carbocycles. The average Bonchev–Trinajstić information content (AvgIpc) is 2.52. The van der Waals surface area contributed by atoms with Gasteiger partial charge in [0.1, 0.15) is 5.75 Å². The third kappa shape index (κ3) is 4.48. The highest BCUT2D eigenvalue weighted by Crippen LogP contribution is 2.18. The minimum Gasteiger partial charge on any atom is -0.435 e. The number of halogens is 2. The first-order valence-electron chi connectivity index (χ1n) is 6.91. The number of carbonyl (C=O) groups is 1. The molecule has 0 saturated carbocycles. The zero-order valence-electron chi connectivity index (χ0n) is 13.0. The molecule has 0 atom stereocenters. The van der Waals surface area contributed by atoms with Crippen LogP contribution in [0.2, 0.25) is 0 Å². The van der Waals surface area contributed by atoms with Crippen molar-refractivity contribution in [3.05, 3.63) is 64.7 Å². The Labute approximate surface area is 136 Å². The van der Waals surface area contributed by atoms with Crippen LogP contribution >= 0.6 is 0 Å². The third-order valence-corrected chi connectivity index (χ3v) is 2.87. The van der Waals surface area contributed by atoms with E-state index >= 15 is 0 Å². The molecule has 0 amide bonds. The molecule has 6 nitrogen and oxygen atoms in total. The number of hydrogen-bond donors (Lipinski definition) is 0. The number of carbonyl (C=O) groups excluding carboxylic acids is 1. The van der Waals surface area contributed by atoms with Crippen LogP contribution in [0, 0.1) is 0 Å². The second-order valence-electron chi connectivity index (χ2n) is 4.99. The molecular weight excluding hydrogens is 320 g/mol. The lowest BCUT2D eigenvalue weighted by atomic mass is 10.2. The minimum atomic E-state index is -2.95. The molecule has 1 aromatic heterocycles. The molecular formula is C16H15F2N3O3. The second-order valence-corrected chi connectivity index (χ2v) is 4.99. The van der Waals surface area contributed by atoms with Crippen molar-refractivity contribution >= 4 is 5.78 Å². The molecule has 0 aliphatic carbocycles. The van der Waals surface area contributed by atoms with Gasteiger partial charge in [-0.1, -0.05) is 6.07 Å². The molecule has 0 aliphatic rings. The van der Waals surface area contributed by atoms with Crippen molar-refractivity contribution in [3.63, 3.8) is 0 Å². The summed E-state index contributed by atoms with van der Waals surface area (Å²) < 4.78 is 30.1. The second kappa shape index (κ2) is 7.49. The van der Waals surface area contributed by atoms with Gasteiger partial charge in [0.15, 0.2) is 5.69 Å². The van der Waals surface area contributed by atoms with E-state index in [0.717, 1.165) is 0 Å². The normalized spacial score (nSPS) is 11.0. The number of hydrogen-bond acceptors (Lipinski definition) is 5. The maximum Gasteiger partial charge on any atom is 0.387 e. The highest BCUT2D eigenvalue weighted by Gasteiger charge is 2.11. The highest BCUT2D eigenvalue weighted by molar-refractivity contribution is 6.02. The largest absolute Gasteiger partial charge is 0.435 e. The highest BCUT2D eigenvalue weighted by atomic mass is 19.3. The molecule has 0 unspecified atom stereocenters. The molecule has 126 valence electrons. The van der Waals surface area contributed by atoms with Crippen LogP contribution in [0.4, 0.5) is 8.78 Å². The standard InChI is InChI=1S/C16H15F2N3O3/c1-20(2)8-6-13(22)15-14(23)7-9-21(19-15)11-4-3-5-12(10-11)24-16(17)18/h3-10,16H,1-2H3/b8-6+. The third-order valence-electron chi connectivity index (χ3n) is 2.87. The molecule has 24 heavy (non-hydrogen) atoms. The molecule has 8 heteroatoms. The van der Waals surface area contributed by atoms with E-state index in [0.29, 0.717) is 5.69 Å². The summed E-state index contributed by atoms with van der Waals surface area (Å²) in [5.41, 5.74) is -0.422. The molecule has 0 saturated heterocycles. The Morgan fingerprint density at radius 1 is 1.33 bits per heavy atom. The summed E-state index contributed by atoms with van der Waals surface area (Å²) in [5.74, 6) is -0.605. The van der Waals surface area contributed by atoms with E-state index in [-0.39, 0.29) is 11.4 Å². The van der Waals surface area contributed by atoms with Crippen LogP contribution in [0.25, 0.3) is 5.69 Å². The minimum absolute atomic E-state index is 0.0524. The molecule has 0 N–H and O–H groups in total. The van der Waals surface area contributed by atoms with Crippen molar-refractivity contribution in [1.29, 1.82) is 0 Å². The maximum absolute atomic E-state index is 12.3. The fourth-order valence-corrected chi connectivity index (χ4v) is 1.82. The molecule has 1 heterocycles. The maximum atomic E-state index is 12.3. The van der Waals surface area contributed by atoms with Crippen LogP contribution in [0.5, 0.6) is 5.75 Å². The van der Waals surface area contributed by atoms with Crippen LogP contribution < -0.4 is 10.2 Å². The first kappa shape index (κ1) is 17.3. The Balaban J connectivity index is 2.38. The predicted molar refractivity (Wildman–Crippen MR) is 83.6 cm³/mol. The monoisotopic (exact) mass is 335 g/mol. The molecule has 0 aliphatic heterocycles. The molecule has 0 bridgehead atoms. The predicted octanol–water partition coefficient (Wildman–Crippen LogP) is 2.09. The Morgan fingerprint density at radius 3 is 2.75 bits per heavy atom. The molecule has 0 radical (unpaired) electrons. The van der Waals surface area contributed by atoms with Gasteiger partial charge in [-0.15, -0.1) is 0 Å². The summed E-state index contributed by atoms with van der Waals surface area (Å²) in [6, 6.07) is 6.96. The topological polar surface area (TPSA) is 64.4 Å². The van der Waals surface area contributed by atoms with Crippen molar-refractivity contribution in [1.82, 2.24) is 14.7 Å². The number of allylic oxidation sites excluding steroid dienone is 1. The van der Waals surface area contributed by atoms with Gasteiger partial charge >= 0.3 is 6.61 Å². The van der Waals surface area contributed by atoms with Crippen molar-refractivity contribution in [2.75, 3.05) is 14.1 Å². The van der Waals surface area contributed by atoms with Gasteiger partial charge in [0.2, 0.25) is 11.2 Å². The van der Waals surface area contributed by atoms with Gasteiger partial charge in [0, 0.05) is 44.7 Å². The van der Waals surface area contributed by atoms with Crippen molar-refractivity contribution < 1.29 is 18.3 Å². The van der Waals surface area contributed by atoms with Gasteiger partial charge in [-0.3, -0.25) is 9.59 Å². The lowest BCUT2D eigenvalue weighted by molar-refractivity contribution is -0.0498. The summed E-state index contributed by atoms with van der Waals surface area (Å²) in [4.78, 5) is 25.5. The Hall–Kier alpha value is -3.03. The van der Waals surface area contributed by atoms with Gasteiger partial charge in [-0.2, -0.15) is 13.9 Å². The lowest BCUT2D eigenvalue weighted by Crippen LogP contribution is -2.20.